The monoisotopic (exact) mass is 374 g/mol. The van der Waals surface area contributed by atoms with E-state index < -0.39 is 5.97 Å². The molecule has 0 aromatic heterocycles. The lowest BCUT2D eigenvalue weighted by atomic mass is 10.2. The van der Waals surface area contributed by atoms with E-state index in [1.54, 1.807) is 30.3 Å². The smallest absolute Gasteiger partial charge is 0.339 e. The van der Waals surface area contributed by atoms with Crippen LogP contribution in [0.1, 0.15) is 15.9 Å². The zero-order valence-corrected chi connectivity index (χ0v) is 13.2. The van der Waals surface area contributed by atoms with Crippen LogP contribution in [0.25, 0.3) is 0 Å². The summed E-state index contributed by atoms with van der Waals surface area (Å²) in [5.74, 6) is -0.785. The molecule has 0 heterocycles. The Bertz CT molecular complexity index is 659. The molecule has 20 heavy (non-hydrogen) atoms. The number of carboxylic acids is 1. The van der Waals surface area contributed by atoms with Crippen molar-refractivity contribution in [2.45, 2.75) is 6.61 Å². The van der Waals surface area contributed by atoms with E-state index in [4.69, 9.17) is 33.0 Å². The lowest BCUT2D eigenvalue weighted by Crippen LogP contribution is -2.03. The summed E-state index contributed by atoms with van der Waals surface area (Å²) in [5.41, 5.74) is 0.779. The SMILES string of the molecule is O=C(O)c1ccc(Br)cc1OCc1cc(Cl)ccc1Cl. The molecule has 0 spiro atoms. The zero-order valence-electron chi connectivity index (χ0n) is 10.1. The summed E-state index contributed by atoms with van der Waals surface area (Å²) in [4.78, 5) is 11.1. The van der Waals surface area contributed by atoms with E-state index >= 15 is 0 Å². The van der Waals surface area contributed by atoms with Crippen molar-refractivity contribution in [3.8, 4) is 5.75 Å². The summed E-state index contributed by atoms with van der Waals surface area (Å²) in [5, 5.41) is 10.2. The first-order valence-electron chi connectivity index (χ1n) is 5.57. The predicted molar refractivity (Wildman–Crippen MR) is 81.9 cm³/mol. The average molecular weight is 376 g/mol. The highest BCUT2D eigenvalue weighted by Gasteiger charge is 2.12. The summed E-state index contributed by atoms with van der Waals surface area (Å²) in [6.07, 6.45) is 0. The lowest BCUT2D eigenvalue weighted by Gasteiger charge is -2.11. The van der Waals surface area contributed by atoms with Gasteiger partial charge in [0.05, 0.1) is 0 Å². The van der Waals surface area contributed by atoms with Crippen molar-refractivity contribution in [1.82, 2.24) is 0 Å². The Morgan fingerprint density at radius 2 is 1.95 bits per heavy atom. The molecule has 0 aliphatic heterocycles. The molecule has 0 atom stereocenters. The largest absolute Gasteiger partial charge is 0.488 e. The van der Waals surface area contributed by atoms with Gasteiger partial charge in [-0.25, -0.2) is 4.79 Å². The Hall–Kier alpha value is -1.23. The van der Waals surface area contributed by atoms with E-state index in [1.165, 1.54) is 6.07 Å². The van der Waals surface area contributed by atoms with Crippen LogP contribution in [0.4, 0.5) is 0 Å². The second-order valence-corrected chi connectivity index (χ2v) is 5.73. The van der Waals surface area contributed by atoms with Crippen molar-refractivity contribution < 1.29 is 14.6 Å². The number of ether oxygens (including phenoxy) is 1. The molecule has 104 valence electrons. The Morgan fingerprint density at radius 1 is 1.20 bits per heavy atom. The van der Waals surface area contributed by atoms with E-state index in [1.807, 2.05) is 0 Å². The number of aromatic carboxylic acids is 1. The van der Waals surface area contributed by atoms with Crippen LogP contribution in [0.15, 0.2) is 40.9 Å². The first kappa shape index (κ1) is 15.2. The Morgan fingerprint density at radius 3 is 2.65 bits per heavy atom. The summed E-state index contributed by atoms with van der Waals surface area (Å²) >= 11 is 15.2. The van der Waals surface area contributed by atoms with Gasteiger partial charge in [-0.1, -0.05) is 39.1 Å². The number of rotatable bonds is 4. The molecular weight excluding hydrogens is 367 g/mol. The van der Waals surface area contributed by atoms with Gasteiger partial charge in [-0.3, -0.25) is 0 Å². The van der Waals surface area contributed by atoms with Crippen molar-refractivity contribution in [3.63, 3.8) is 0 Å². The van der Waals surface area contributed by atoms with Crippen LogP contribution in [0.5, 0.6) is 5.75 Å². The molecule has 2 aromatic carbocycles. The fraction of sp³-hybridized carbons (Fsp3) is 0.0714. The van der Waals surface area contributed by atoms with Gasteiger partial charge in [0, 0.05) is 20.1 Å². The van der Waals surface area contributed by atoms with Gasteiger partial charge >= 0.3 is 5.97 Å². The van der Waals surface area contributed by atoms with Crippen LogP contribution in [0, 0.1) is 0 Å². The van der Waals surface area contributed by atoms with Gasteiger partial charge in [0.1, 0.15) is 17.9 Å². The third kappa shape index (κ3) is 3.66. The van der Waals surface area contributed by atoms with Crippen molar-refractivity contribution in [3.05, 3.63) is 62.0 Å². The van der Waals surface area contributed by atoms with Gasteiger partial charge in [-0.2, -0.15) is 0 Å². The maximum atomic E-state index is 11.1. The second kappa shape index (κ2) is 6.48. The highest BCUT2D eigenvalue weighted by Crippen LogP contribution is 2.27. The standard InChI is InChI=1S/C14H9BrCl2O3/c15-9-1-3-11(14(18)19)13(6-9)20-7-8-5-10(16)2-4-12(8)17/h1-6H,7H2,(H,18,19). The van der Waals surface area contributed by atoms with Crippen molar-refractivity contribution in [2.75, 3.05) is 0 Å². The third-order valence-corrected chi connectivity index (χ3v) is 3.66. The molecule has 0 saturated heterocycles. The lowest BCUT2D eigenvalue weighted by molar-refractivity contribution is 0.0691. The van der Waals surface area contributed by atoms with E-state index in [0.29, 0.717) is 15.6 Å². The van der Waals surface area contributed by atoms with Gasteiger partial charge in [0.2, 0.25) is 0 Å². The van der Waals surface area contributed by atoms with Crippen LogP contribution >= 0.6 is 39.1 Å². The molecular formula is C14H9BrCl2O3. The van der Waals surface area contributed by atoms with E-state index in [9.17, 15) is 4.79 Å². The fourth-order valence-corrected chi connectivity index (χ4v) is 2.31. The summed E-state index contributed by atoms with van der Waals surface area (Å²) in [6, 6.07) is 9.74. The molecule has 0 unspecified atom stereocenters. The van der Waals surface area contributed by atoms with Gasteiger partial charge in [-0.05, 0) is 36.4 Å². The van der Waals surface area contributed by atoms with Crippen molar-refractivity contribution in [2.24, 2.45) is 0 Å². The fourth-order valence-electron chi connectivity index (χ4n) is 1.60. The number of carboxylic acid groups (broad SMARTS) is 1. The van der Waals surface area contributed by atoms with Crippen LogP contribution in [-0.2, 0) is 6.61 Å². The maximum Gasteiger partial charge on any atom is 0.339 e. The molecule has 0 aliphatic carbocycles. The van der Waals surface area contributed by atoms with E-state index in [0.717, 1.165) is 4.47 Å². The number of carbonyl (C=O) groups is 1. The molecule has 0 saturated carbocycles. The molecule has 2 aromatic rings. The maximum absolute atomic E-state index is 11.1. The summed E-state index contributed by atoms with van der Waals surface area (Å²) in [7, 11) is 0. The minimum Gasteiger partial charge on any atom is -0.488 e. The number of hydrogen-bond donors (Lipinski definition) is 1. The summed E-state index contributed by atoms with van der Waals surface area (Å²) < 4.78 is 6.28. The highest BCUT2D eigenvalue weighted by molar-refractivity contribution is 9.10. The highest BCUT2D eigenvalue weighted by atomic mass is 79.9. The zero-order chi connectivity index (χ0) is 14.7. The van der Waals surface area contributed by atoms with Crippen LogP contribution in [-0.4, -0.2) is 11.1 Å². The van der Waals surface area contributed by atoms with Crippen molar-refractivity contribution >= 4 is 45.1 Å². The number of hydrogen-bond acceptors (Lipinski definition) is 2. The summed E-state index contributed by atoms with van der Waals surface area (Å²) in [6.45, 7) is 0.135. The molecule has 0 bridgehead atoms. The normalized spacial score (nSPS) is 10.3. The van der Waals surface area contributed by atoms with Gasteiger partial charge < -0.3 is 9.84 Å². The molecule has 0 fully saturated rings. The van der Waals surface area contributed by atoms with Crippen molar-refractivity contribution in [1.29, 1.82) is 0 Å². The first-order chi connectivity index (χ1) is 9.47. The Balaban J connectivity index is 2.24. The average Bonchev–Trinajstić information content (AvgIpc) is 2.39. The van der Waals surface area contributed by atoms with Crippen LogP contribution in [0.2, 0.25) is 10.0 Å². The molecule has 0 radical (unpaired) electrons. The molecule has 2 rings (SSSR count). The minimum atomic E-state index is -1.05. The molecule has 3 nitrogen and oxygen atoms in total. The topological polar surface area (TPSA) is 46.5 Å². The molecule has 0 amide bonds. The number of benzene rings is 2. The van der Waals surface area contributed by atoms with E-state index in [2.05, 4.69) is 15.9 Å². The molecule has 1 N–H and O–H groups in total. The predicted octanol–water partition coefficient (Wildman–Crippen LogP) is 5.03. The molecule has 0 aliphatic rings. The van der Waals surface area contributed by atoms with Gasteiger partial charge in [0.15, 0.2) is 0 Å². The molecule has 6 heteroatoms. The Kier molecular flexibility index (Phi) is 4.91. The Labute approximate surface area is 134 Å². The minimum absolute atomic E-state index is 0.0892. The van der Waals surface area contributed by atoms with Gasteiger partial charge in [-0.15, -0.1) is 0 Å². The van der Waals surface area contributed by atoms with E-state index in [-0.39, 0.29) is 17.9 Å². The van der Waals surface area contributed by atoms with Crippen LogP contribution in [0.3, 0.4) is 0 Å². The second-order valence-electron chi connectivity index (χ2n) is 3.97. The van der Waals surface area contributed by atoms with Crippen LogP contribution < -0.4 is 4.74 Å². The van der Waals surface area contributed by atoms with Gasteiger partial charge in [0.25, 0.3) is 0 Å². The number of halogens is 3. The third-order valence-electron chi connectivity index (χ3n) is 2.57. The quantitative estimate of drug-likeness (QED) is 0.814. The first-order valence-corrected chi connectivity index (χ1v) is 7.12.